The van der Waals surface area contributed by atoms with Crippen LogP contribution in [-0.2, 0) is 16.1 Å². The van der Waals surface area contributed by atoms with Gasteiger partial charge in [-0.3, -0.25) is 9.97 Å². The molecule has 2 aliphatic rings. The molecule has 3 aromatic rings. The number of hydrogen-bond donors (Lipinski definition) is 0. The second-order valence-corrected chi connectivity index (χ2v) is 9.61. The monoisotopic (exact) mass is 540 g/mol. The van der Waals surface area contributed by atoms with Gasteiger partial charge in [-0.2, -0.15) is 0 Å². The Morgan fingerprint density at radius 3 is 2.76 bits per heavy atom. The lowest BCUT2D eigenvalue weighted by Gasteiger charge is -2.38. The molecule has 198 valence electrons. The predicted octanol–water partition coefficient (Wildman–Crippen LogP) is 5.21. The molecule has 0 amide bonds. The zero-order valence-electron chi connectivity index (χ0n) is 21.2. The maximum Gasteiger partial charge on any atom is 0.226 e. The fourth-order valence-corrected chi connectivity index (χ4v) is 4.91. The number of morpholine rings is 1. The van der Waals surface area contributed by atoms with Crippen molar-refractivity contribution < 1.29 is 18.3 Å². The van der Waals surface area contributed by atoms with Crippen molar-refractivity contribution in [2.75, 3.05) is 29.6 Å². The molecule has 0 bridgehead atoms. The largest absolute Gasteiger partial charge is 0.486 e. The van der Waals surface area contributed by atoms with Crippen LogP contribution < -0.4 is 9.80 Å². The average Bonchev–Trinajstić information content (AvgIpc) is 2.90. The van der Waals surface area contributed by atoms with Crippen LogP contribution in [0, 0.1) is 18.6 Å². The number of anilines is 2. The summed E-state index contributed by atoms with van der Waals surface area (Å²) in [6.45, 7) is 7.61. The minimum absolute atomic E-state index is 0.0241. The Kier molecular flexibility index (Phi) is 7.53. The van der Waals surface area contributed by atoms with Gasteiger partial charge in [-0.25, -0.2) is 18.7 Å². The molecule has 0 radical (unpaired) electrons. The maximum atomic E-state index is 14.2. The standard InChI is InChI=1S/C27H27ClF2N6O2/c1-16-12-31-6-5-23(16)36-17(2)10-24(38-15-22-20(30)11-19(29)13-33-22)25(28)26(36)21-4-7-32-27(34-21)35-8-9-37-14-18(35)3/h4-7,10-13,18,26H,8-9,14-15H2,1-3H3/t18?,26-/m0/s1. The first-order chi connectivity index (χ1) is 18.3. The van der Waals surface area contributed by atoms with Crippen molar-refractivity contribution in [2.45, 2.75) is 39.5 Å². The quantitative estimate of drug-likeness (QED) is 0.422. The minimum Gasteiger partial charge on any atom is -0.486 e. The van der Waals surface area contributed by atoms with E-state index in [0.29, 0.717) is 42.2 Å². The zero-order valence-corrected chi connectivity index (χ0v) is 22.0. The Hall–Kier alpha value is -3.63. The van der Waals surface area contributed by atoms with Crippen molar-refractivity contribution in [3.05, 3.63) is 94.1 Å². The molecule has 11 heteroatoms. The molecule has 2 aliphatic heterocycles. The van der Waals surface area contributed by atoms with Gasteiger partial charge in [-0.05, 0) is 38.5 Å². The van der Waals surface area contributed by atoms with Crippen LogP contribution in [0.25, 0.3) is 0 Å². The molecule has 2 atom stereocenters. The van der Waals surface area contributed by atoms with Crippen LogP contribution in [0.1, 0.15) is 36.8 Å². The predicted molar refractivity (Wildman–Crippen MR) is 139 cm³/mol. The van der Waals surface area contributed by atoms with E-state index in [9.17, 15) is 8.78 Å². The van der Waals surface area contributed by atoms with Crippen molar-refractivity contribution in [2.24, 2.45) is 0 Å². The number of aryl methyl sites for hydroxylation is 1. The number of halogens is 3. The fraction of sp³-hybridized carbons (Fsp3) is 0.333. The molecule has 5 heterocycles. The van der Waals surface area contributed by atoms with Crippen LogP contribution in [0.4, 0.5) is 20.4 Å². The SMILES string of the molecule is CC1=CC(OCc2ncc(F)cc2F)=C(Cl)[C@H](c2ccnc(N3CCOCC3C)n2)N1c1ccncc1C. The summed E-state index contributed by atoms with van der Waals surface area (Å²) in [4.78, 5) is 21.7. The molecule has 8 nitrogen and oxygen atoms in total. The van der Waals surface area contributed by atoms with Gasteiger partial charge in [-0.1, -0.05) is 11.6 Å². The highest BCUT2D eigenvalue weighted by molar-refractivity contribution is 6.31. The third kappa shape index (κ3) is 5.19. The van der Waals surface area contributed by atoms with Gasteiger partial charge >= 0.3 is 0 Å². The van der Waals surface area contributed by atoms with Crippen LogP contribution in [-0.4, -0.2) is 45.7 Å². The van der Waals surface area contributed by atoms with Gasteiger partial charge in [0.05, 0.1) is 36.2 Å². The lowest BCUT2D eigenvalue weighted by Crippen LogP contribution is -2.44. The molecule has 0 N–H and O–H groups in total. The van der Waals surface area contributed by atoms with Gasteiger partial charge in [0.25, 0.3) is 0 Å². The van der Waals surface area contributed by atoms with Gasteiger partial charge in [-0.15, -0.1) is 0 Å². The van der Waals surface area contributed by atoms with E-state index in [1.807, 2.05) is 26.0 Å². The molecule has 1 saturated heterocycles. The van der Waals surface area contributed by atoms with E-state index in [-0.39, 0.29) is 18.3 Å². The molecule has 38 heavy (non-hydrogen) atoms. The highest BCUT2D eigenvalue weighted by Crippen LogP contribution is 2.43. The number of pyridine rings is 2. The van der Waals surface area contributed by atoms with Gasteiger partial charge < -0.3 is 19.3 Å². The van der Waals surface area contributed by atoms with Crippen LogP contribution in [0.15, 0.2) is 65.6 Å². The highest BCUT2D eigenvalue weighted by atomic mass is 35.5. The first-order valence-corrected chi connectivity index (χ1v) is 12.6. The second-order valence-electron chi connectivity index (χ2n) is 9.20. The maximum absolute atomic E-state index is 14.2. The molecule has 0 saturated carbocycles. The molecular weight excluding hydrogens is 514 g/mol. The lowest BCUT2D eigenvalue weighted by molar-refractivity contribution is 0.0980. The molecule has 0 spiro atoms. The smallest absolute Gasteiger partial charge is 0.226 e. The third-order valence-corrected chi connectivity index (χ3v) is 6.91. The minimum atomic E-state index is -0.788. The van der Waals surface area contributed by atoms with Crippen LogP contribution >= 0.6 is 11.6 Å². The first-order valence-electron chi connectivity index (χ1n) is 12.2. The summed E-state index contributed by atoms with van der Waals surface area (Å²) in [5.41, 5.74) is 3.32. The summed E-state index contributed by atoms with van der Waals surface area (Å²) in [5.74, 6) is -0.609. The number of nitrogens with zero attached hydrogens (tertiary/aromatic N) is 6. The number of hydrogen-bond acceptors (Lipinski definition) is 8. The summed E-state index contributed by atoms with van der Waals surface area (Å²) in [6, 6.07) is 4.08. The van der Waals surface area contributed by atoms with Crippen molar-refractivity contribution in [3.8, 4) is 0 Å². The Morgan fingerprint density at radius 1 is 1.16 bits per heavy atom. The van der Waals surface area contributed by atoms with Crippen molar-refractivity contribution in [3.63, 3.8) is 0 Å². The van der Waals surface area contributed by atoms with Gasteiger partial charge in [0.1, 0.15) is 29.9 Å². The van der Waals surface area contributed by atoms with E-state index in [2.05, 4.69) is 31.7 Å². The summed E-state index contributed by atoms with van der Waals surface area (Å²) >= 11 is 7.03. The summed E-state index contributed by atoms with van der Waals surface area (Å²) in [6.07, 6.45) is 7.96. The molecule has 5 rings (SSSR count). The van der Waals surface area contributed by atoms with E-state index in [1.54, 1.807) is 24.7 Å². The highest BCUT2D eigenvalue weighted by Gasteiger charge is 2.34. The zero-order chi connectivity index (χ0) is 26.8. The Balaban J connectivity index is 1.55. The van der Waals surface area contributed by atoms with Crippen LogP contribution in [0.3, 0.4) is 0 Å². The molecule has 1 fully saturated rings. The summed E-state index contributed by atoms with van der Waals surface area (Å²) in [7, 11) is 0. The molecule has 3 aromatic heterocycles. The number of rotatable bonds is 6. The summed E-state index contributed by atoms with van der Waals surface area (Å²) in [5, 5.41) is 0.356. The number of ether oxygens (including phenoxy) is 2. The topological polar surface area (TPSA) is 76.5 Å². The van der Waals surface area contributed by atoms with Gasteiger partial charge in [0.2, 0.25) is 5.95 Å². The van der Waals surface area contributed by atoms with Gasteiger partial charge in [0.15, 0.2) is 5.82 Å². The summed E-state index contributed by atoms with van der Waals surface area (Å²) < 4.78 is 39.0. The Bertz CT molecular complexity index is 1400. The molecule has 1 unspecified atom stereocenters. The van der Waals surface area contributed by atoms with E-state index in [1.165, 1.54) is 0 Å². The third-order valence-electron chi connectivity index (χ3n) is 6.52. The van der Waals surface area contributed by atoms with Crippen molar-refractivity contribution >= 4 is 23.2 Å². The number of allylic oxidation sites excluding steroid dienone is 2. The van der Waals surface area contributed by atoms with Crippen molar-refractivity contribution in [1.29, 1.82) is 0 Å². The van der Waals surface area contributed by atoms with Crippen molar-refractivity contribution in [1.82, 2.24) is 19.9 Å². The van der Waals surface area contributed by atoms with E-state index in [4.69, 9.17) is 26.1 Å². The fourth-order valence-electron chi connectivity index (χ4n) is 4.59. The second kappa shape index (κ2) is 11.0. The normalized spacial score (nSPS) is 20.0. The number of aromatic nitrogens is 4. The Morgan fingerprint density at radius 2 is 2.00 bits per heavy atom. The van der Waals surface area contributed by atoms with Crippen LogP contribution in [0.5, 0.6) is 0 Å². The van der Waals surface area contributed by atoms with Crippen LogP contribution in [0.2, 0.25) is 0 Å². The molecular formula is C27H27ClF2N6O2. The Labute approximate surface area is 224 Å². The van der Waals surface area contributed by atoms with E-state index in [0.717, 1.165) is 29.2 Å². The first kappa shape index (κ1) is 26.0. The average molecular weight is 541 g/mol. The van der Waals surface area contributed by atoms with Gasteiger partial charge in [0, 0.05) is 48.7 Å². The van der Waals surface area contributed by atoms with E-state index < -0.39 is 17.7 Å². The van der Waals surface area contributed by atoms with E-state index >= 15 is 0 Å². The molecule has 0 aromatic carbocycles. The molecule has 0 aliphatic carbocycles. The lowest BCUT2D eigenvalue weighted by atomic mass is 10.0.